The number of benzene rings is 1. The Labute approximate surface area is 85.9 Å². The minimum Gasteiger partial charge on any atom is -0.329 e. The van der Waals surface area contributed by atoms with Crippen molar-refractivity contribution < 1.29 is 9.09 Å². The molecule has 0 saturated heterocycles. The lowest BCUT2D eigenvalue weighted by Crippen LogP contribution is -2.03. The molecule has 1 aliphatic rings. The first-order valence-corrected chi connectivity index (χ1v) is 6.78. The molecule has 0 bridgehead atoms. The summed E-state index contributed by atoms with van der Waals surface area (Å²) >= 11 is 3.50. The average molecular weight is 261 g/mol. The highest BCUT2D eigenvalue weighted by molar-refractivity contribution is 9.09. The van der Waals surface area contributed by atoms with E-state index in [0.717, 1.165) is 10.9 Å². The van der Waals surface area contributed by atoms with Crippen LogP contribution >= 0.6 is 23.3 Å². The normalized spacial score (nSPS) is 31.7. The minimum atomic E-state index is -2.54. The summed E-state index contributed by atoms with van der Waals surface area (Å²) in [5, 5.41) is 0.874. The molecular formula is C9H10BrO2P. The summed E-state index contributed by atoms with van der Waals surface area (Å²) in [5.74, 6) is 0. The Kier molecular flexibility index (Phi) is 2.35. The summed E-state index contributed by atoms with van der Waals surface area (Å²) in [4.78, 5) is 0.175. The molecule has 1 aromatic rings. The van der Waals surface area contributed by atoms with E-state index in [1.807, 2.05) is 24.3 Å². The lowest BCUT2D eigenvalue weighted by molar-refractivity contribution is 0.405. The lowest BCUT2D eigenvalue weighted by atomic mass is 10.2. The molecule has 0 N–H and O–H groups in total. The molecule has 2 unspecified atom stereocenters. The van der Waals surface area contributed by atoms with Gasteiger partial charge in [-0.1, -0.05) is 34.1 Å². The second kappa shape index (κ2) is 3.23. The van der Waals surface area contributed by atoms with Crippen molar-refractivity contribution in [3.8, 4) is 0 Å². The highest BCUT2D eigenvalue weighted by Crippen LogP contribution is 2.56. The van der Waals surface area contributed by atoms with Crippen molar-refractivity contribution in [3.05, 3.63) is 29.8 Å². The molecule has 2 nitrogen and oxygen atoms in total. The molecule has 70 valence electrons. The highest BCUT2D eigenvalue weighted by Gasteiger charge is 2.38. The zero-order valence-corrected chi connectivity index (χ0v) is 9.72. The Morgan fingerprint density at radius 3 is 2.92 bits per heavy atom. The molecular weight excluding hydrogens is 251 g/mol. The molecule has 4 heteroatoms. The van der Waals surface area contributed by atoms with Crippen molar-refractivity contribution in [2.75, 3.05) is 13.3 Å². The monoisotopic (exact) mass is 260 g/mol. The van der Waals surface area contributed by atoms with Crippen LogP contribution in [0.5, 0.6) is 0 Å². The molecule has 2 rings (SSSR count). The Balaban J connectivity index is 2.60. The maximum Gasteiger partial charge on any atom is 0.233 e. The number of hydrogen-bond acceptors (Lipinski definition) is 2. The molecule has 0 spiro atoms. The topological polar surface area (TPSA) is 26.3 Å². The van der Waals surface area contributed by atoms with Crippen LogP contribution < -0.4 is 5.30 Å². The van der Waals surface area contributed by atoms with Crippen LogP contribution in [0.1, 0.15) is 10.4 Å². The van der Waals surface area contributed by atoms with Crippen molar-refractivity contribution in [1.82, 2.24) is 0 Å². The largest absolute Gasteiger partial charge is 0.329 e. The number of fused-ring (bicyclic) bond motifs is 1. The van der Waals surface area contributed by atoms with E-state index >= 15 is 0 Å². The molecule has 1 heterocycles. The van der Waals surface area contributed by atoms with E-state index < -0.39 is 7.37 Å². The third-order valence-electron chi connectivity index (χ3n) is 2.34. The summed E-state index contributed by atoms with van der Waals surface area (Å²) in [6.45, 7) is 0. The maximum absolute atomic E-state index is 12.2. The molecule has 2 atom stereocenters. The minimum absolute atomic E-state index is 0.175. The summed E-state index contributed by atoms with van der Waals surface area (Å²) in [5.41, 5.74) is 1.10. The third kappa shape index (κ3) is 1.39. The predicted molar refractivity (Wildman–Crippen MR) is 57.2 cm³/mol. The maximum atomic E-state index is 12.2. The molecule has 0 radical (unpaired) electrons. The molecule has 1 aromatic carbocycles. The fourth-order valence-electron chi connectivity index (χ4n) is 1.64. The summed E-state index contributed by atoms with van der Waals surface area (Å²) in [6.07, 6.45) is 0.572. The van der Waals surface area contributed by atoms with E-state index in [1.54, 1.807) is 0 Å². The summed E-state index contributed by atoms with van der Waals surface area (Å²) < 4.78 is 17.3. The van der Waals surface area contributed by atoms with Gasteiger partial charge >= 0.3 is 0 Å². The number of rotatable bonds is 1. The van der Waals surface area contributed by atoms with E-state index in [4.69, 9.17) is 4.52 Å². The Hall–Kier alpha value is -0.110. The van der Waals surface area contributed by atoms with Crippen LogP contribution in [0.25, 0.3) is 0 Å². The molecule has 0 amide bonds. The summed E-state index contributed by atoms with van der Waals surface area (Å²) in [7, 11) is -1.03. The van der Waals surface area contributed by atoms with E-state index in [-0.39, 0.29) is 4.83 Å². The van der Waals surface area contributed by atoms with E-state index in [0.29, 0.717) is 6.16 Å². The predicted octanol–water partition coefficient (Wildman–Crippen LogP) is 2.69. The highest BCUT2D eigenvalue weighted by atomic mass is 79.9. The molecule has 0 fully saturated rings. The van der Waals surface area contributed by atoms with Gasteiger partial charge in [-0.2, -0.15) is 0 Å². The van der Waals surface area contributed by atoms with Gasteiger partial charge in [0.05, 0.1) is 0 Å². The summed E-state index contributed by atoms with van der Waals surface area (Å²) in [6, 6.07) is 7.74. The van der Waals surface area contributed by atoms with Crippen molar-refractivity contribution >= 4 is 28.6 Å². The van der Waals surface area contributed by atoms with Gasteiger partial charge in [0.1, 0.15) is 0 Å². The first-order valence-electron chi connectivity index (χ1n) is 4.06. The molecule has 0 aromatic heterocycles. The first kappa shape index (κ1) is 9.45. The SMILES string of the molecule is COP1(=O)CC(Br)c2ccccc21. The van der Waals surface area contributed by atoms with Crippen molar-refractivity contribution in [3.63, 3.8) is 0 Å². The van der Waals surface area contributed by atoms with Crippen LogP contribution in [0.3, 0.4) is 0 Å². The lowest BCUT2D eigenvalue weighted by Gasteiger charge is -2.08. The zero-order chi connectivity index (χ0) is 9.47. The number of alkyl halides is 1. The standard InChI is InChI=1S/C9H10BrO2P/c1-12-13(11)6-8(10)7-4-2-3-5-9(7)13/h2-5,8H,6H2,1H3. The fourth-order valence-corrected chi connectivity index (χ4v) is 5.46. The third-order valence-corrected chi connectivity index (χ3v) is 6.23. The smallest absolute Gasteiger partial charge is 0.233 e. The van der Waals surface area contributed by atoms with E-state index in [2.05, 4.69) is 15.9 Å². The van der Waals surface area contributed by atoms with Gasteiger partial charge in [0.15, 0.2) is 0 Å². The van der Waals surface area contributed by atoms with Gasteiger partial charge in [-0.15, -0.1) is 0 Å². The van der Waals surface area contributed by atoms with Crippen LogP contribution in [-0.4, -0.2) is 13.3 Å². The van der Waals surface area contributed by atoms with Gasteiger partial charge in [-0.05, 0) is 11.6 Å². The first-order chi connectivity index (χ1) is 6.17. The van der Waals surface area contributed by atoms with Gasteiger partial charge in [0.25, 0.3) is 0 Å². The van der Waals surface area contributed by atoms with E-state index in [9.17, 15) is 4.57 Å². The Bertz CT molecular complexity index is 378. The zero-order valence-electron chi connectivity index (χ0n) is 7.24. The molecule has 0 saturated carbocycles. The van der Waals surface area contributed by atoms with Crippen LogP contribution in [0, 0.1) is 0 Å². The van der Waals surface area contributed by atoms with E-state index in [1.165, 1.54) is 7.11 Å². The van der Waals surface area contributed by atoms with Crippen LogP contribution in [0.2, 0.25) is 0 Å². The average Bonchev–Trinajstić information content (AvgIpc) is 2.42. The quantitative estimate of drug-likeness (QED) is 0.573. The number of halogens is 1. The fraction of sp³-hybridized carbons (Fsp3) is 0.333. The molecule has 1 aliphatic heterocycles. The van der Waals surface area contributed by atoms with Crippen LogP contribution in [-0.2, 0) is 9.09 Å². The molecule has 13 heavy (non-hydrogen) atoms. The van der Waals surface area contributed by atoms with Gasteiger partial charge in [0.2, 0.25) is 7.37 Å². The Morgan fingerprint density at radius 1 is 1.54 bits per heavy atom. The van der Waals surface area contributed by atoms with Crippen LogP contribution in [0.4, 0.5) is 0 Å². The van der Waals surface area contributed by atoms with Crippen LogP contribution in [0.15, 0.2) is 24.3 Å². The van der Waals surface area contributed by atoms with Gasteiger partial charge in [-0.3, -0.25) is 4.57 Å². The Morgan fingerprint density at radius 2 is 2.23 bits per heavy atom. The van der Waals surface area contributed by atoms with Crippen molar-refractivity contribution in [1.29, 1.82) is 0 Å². The van der Waals surface area contributed by atoms with Gasteiger partial charge < -0.3 is 4.52 Å². The number of hydrogen-bond donors (Lipinski definition) is 0. The van der Waals surface area contributed by atoms with Crippen molar-refractivity contribution in [2.45, 2.75) is 4.83 Å². The molecule has 0 aliphatic carbocycles. The second-order valence-corrected chi connectivity index (χ2v) is 6.73. The van der Waals surface area contributed by atoms with Gasteiger partial charge in [0, 0.05) is 23.4 Å². The van der Waals surface area contributed by atoms with Crippen molar-refractivity contribution in [2.24, 2.45) is 0 Å². The second-order valence-electron chi connectivity index (χ2n) is 3.06. The van der Waals surface area contributed by atoms with Gasteiger partial charge in [-0.25, -0.2) is 0 Å².